The van der Waals surface area contributed by atoms with Gasteiger partial charge in [-0.3, -0.25) is 9.69 Å². The van der Waals surface area contributed by atoms with Crippen molar-refractivity contribution in [3.05, 3.63) is 48.0 Å². The average Bonchev–Trinajstić information content (AvgIpc) is 2.54. The number of amides is 1. The number of nitrogens with one attached hydrogen (secondary N) is 1. The fourth-order valence-electron chi connectivity index (χ4n) is 3.37. The Labute approximate surface area is 137 Å². The Morgan fingerprint density at radius 2 is 2.09 bits per heavy atom. The fourth-order valence-corrected chi connectivity index (χ4v) is 3.37. The zero-order chi connectivity index (χ0) is 16.2. The van der Waals surface area contributed by atoms with Crippen LogP contribution in [0.15, 0.2) is 42.5 Å². The molecule has 1 aliphatic heterocycles. The van der Waals surface area contributed by atoms with Crippen LogP contribution in [0.2, 0.25) is 0 Å². The van der Waals surface area contributed by atoms with E-state index in [0.29, 0.717) is 13.1 Å². The number of β-amino-alcohol motifs (C(OH)–C–C–N with tert-alkyl or cyclic N) is 1. The average molecular weight is 312 g/mol. The van der Waals surface area contributed by atoms with Gasteiger partial charge in [-0.05, 0) is 42.6 Å². The first kappa shape index (κ1) is 16.0. The summed E-state index contributed by atoms with van der Waals surface area (Å²) in [4.78, 5) is 14.3. The minimum Gasteiger partial charge on any atom is -0.392 e. The van der Waals surface area contributed by atoms with Crippen LogP contribution in [-0.4, -0.2) is 41.7 Å². The molecule has 2 aromatic rings. The molecule has 0 spiro atoms. The van der Waals surface area contributed by atoms with Crippen molar-refractivity contribution in [2.75, 3.05) is 19.6 Å². The molecule has 0 aliphatic carbocycles. The van der Waals surface area contributed by atoms with E-state index in [4.69, 9.17) is 0 Å². The minimum absolute atomic E-state index is 0.0135. The summed E-state index contributed by atoms with van der Waals surface area (Å²) in [5, 5.41) is 15.1. The van der Waals surface area contributed by atoms with Gasteiger partial charge in [0.05, 0.1) is 18.7 Å². The molecule has 4 heteroatoms. The summed E-state index contributed by atoms with van der Waals surface area (Å²) in [6, 6.07) is 14.4. The molecule has 0 saturated carbocycles. The highest BCUT2D eigenvalue weighted by molar-refractivity contribution is 5.87. The molecule has 4 nitrogen and oxygen atoms in total. The molecule has 1 amide bonds. The van der Waals surface area contributed by atoms with E-state index in [9.17, 15) is 9.90 Å². The van der Waals surface area contributed by atoms with Crippen molar-refractivity contribution >= 4 is 16.7 Å². The van der Waals surface area contributed by atoms with Crippen molar-refractivity contribution in [1.29, 1.82) is 0 Å². The Kier molecular flexibility index (Phi) is 4.94. The van der Waals surface area contributed by atoms with E-state index in [2.05, 4.69) is 29.6 Å². The van der Waals surface area contributed by atoms with Crippen LogP contribution in [0.3, 0.4) is 0 Å². The number of hydrogen-bond acceptors (Lipinski definition) is 3. The Balaban J connectivity index is 1.66. The Morgan fingerprint density at radius 1 is 1.30 bits per heavy atom. The summed E-state index contributed by atoms with van der Waals surface area (Å²) in [6.45, 7) is 3.85. The number of rotatable bonds is 4. The third kappa shape index (κ3) is 3.89. The van der Waals surface area contributed by atoms with E-state index < -0.39 is 0 Å². The van der Waals surface area contributed by atoms with Gasteiger partial charge in [0.1, 0.15) is 0 Å². The molecule has 122 valence electrons. The maximum absolute atomic E-state index is 12.3. The van der Waals surface area contributed by atoms with E-state index in [1.165, 1.54) is 10.8 Å². The molecular weight excluding hydrogens is 288 g/mol. The zero-order valence-corrected chi connectivity index (χ0v) is 13.5. The summed E-state index contributed by atoms with van der Waals surface area (Å²) in [5.74, 6) is 0.0135. The molecule has 0 unspecified atom stereocenters. The molecule has 2 N–H and O–H groups in total. The zero-order valence-electron chi connectivity index (χ0n) is 13.5. The predicted molar refractivity (Wildman–Crippen MR) is 92.2 cm³/mol. The van der Waals surface area contributed by atoms with Crippen LogP contribution in [0, 0.1) is 0 Å². The first-order chi connectivity index (χ1) is 11.1. The van der Waals surface area contributed by atoms with E-state index in [1.54, 1.807) is 0 Å². The summed E-state index contributed by atoms with van der Waals surface area (Å²) >= 11 is 0. The molecular formula is C19H24N2O2. The SMILES string of the molecule is C[C@@H](NC(=O)CN1CCC[C@@H](O)C1)c1cccc2ccccc12. The number of fused-ring (bicyclic) bond motifs is 1. The van der Waals surface area contributed by atoms with Gasteiger partial charge in [0.2, 0.25) is 5.91 Å². The van der Waals surface area contributed by atoms with Crippen molar-refractivity contribution in [2.45, 2.75) is 31.9 Å². The van der Waals surface area contributed by atoms with Crippen LogP contribution in [0.4, 0.5) is 0 Å². The van der Waals surface area contributed by atoms with Gasteiger partial charge in [0.25, 0.3) is 0 Å². The number of nitrogens with zero attached hydrogens (tertiary/aromatic N) is 1. The van der Waals surface area contributed by atoms with Gasteiger partial charge in [0.15, 0.2) is 0 Å². The first-order valence-electron chi connectivity index (χ1n) is 8.31. The first-order valence-corrected chi connectivity index (χ1v) is 8.31. The molecule has 1 aliphatic rings. The minimum atomic E-state index is -0.299. The molecule has 3 rings (SSSR count). The lowest BCUT2D eigenvalue weighted by molar-refractivity contribution is -0.123. The van der Waals surface area contributed by atoms with Crippen molar-refractivity contribution in [1.82, 2.24) is 10.2 Å². The third-order valence-electron chi connectivity index (χ3n) is 4.52. The number of likely N-dealkylation sites (tertiary alicyclic amines) is 1. The van der Waals surface area contributed by atoms with E-state index in [-0.39, 0.29) is 18.1 Å². The van der Waals surface area contributed by atoms with Crippen LogP contribution < -0.4 is 5.32 Å². The molecule has 1 heterocycles. The highest BCUT2D eigenvalue weighted by Crippen LogP contribution is 2.24. The molecule has 0 radical (unpaired) electrons. The quantitative estimate of drug-likeness (QED) is 0.912. The van der Waals surface area contributed by atoms with Crippen molar-refractivity contribution in [2.24, 2.45) is 0 Å². The van der Waals surface area contributed by atoms with E-state index in [1.807, 2.05) is 30.0 Å². The maximum atomic E-state index is 12.3. The van der Waals surface area contributed by atoms with Crippen LogP contribution in [0.5, 0.6) is 0 Å². The lowest BCUT2D eigenvalue weighted by atomic mass is 9.99. The largest absolute Gasteiger partial charge is 0.392 e. The lowest BCUT2D eigenvalue weighted by Crippen LogP contribution is -2.44. The second kappa shape index (κ2) is 7.11. The summed E-state index contributed by atoms with van der Waals surface area (Å²) < 4.78 is 0. The summed E-state index contributed by atoms with van der Waals surface area (Å²) in [6.07, 6.45) is 1.49. The molecule has 23 heavy (non-hydrogen) atoms. The third-order valence-corrected chi connectivity index (χ3v) is 4.52. The summed E-state index contributed by atoms with van der Waals surface area (Å²) in [5.41, 5.74) is 1.13. The van der Waals surface area contributed by atoms with Crippen LogP contribution in [0.25, 0.3) is 10.8 Å². The lowest BCUT2D eigenvalue weighted by Gasteiger charge is -2.29. The second-order valence-electron chi connectivity index (χ2n) is 6.39. The normalized spacial score (nSPS) is 20.3. The van der Waals surface area contributed by atoms with Gasteiger partial charge in [0, 0.05) is 6.54 Å². The van der Waals surface area contributed by atoms with Crippen molar-refractivity contribution < 1.29 is 9.90 Å². The smallest absolute Gasteiger partial charge is 0.234 e. The number of piperidine rings is 1. The molecule has 0 aromatic heterocycles. The second-order valence-corrected chi connectivity index (χ2v) is 6.39. The molecule has 2 aromatic carbocycles. The summed E-state index contributed by atoms with van der Waals surface area (Å²) in [7, 11) is 0. The Hall–Kier alpha value is -1.91. The van der Waals surface area contributed by atoms with Crippen molar-refractivity contribution in [3.63, 3.8) is 0 Å². The number of aliphatic hydroxyl groups is 1. The standard InChI is InChI=1S/C19H24N2O2/c1-14(17-10-4-7-15-6-2-3-9-18(15)17)20-19(23)13-21-11-5-8-16(22)12-21/h2-4,6-7,9-10,14,16,22H,5,8,11-13H2,1H3,(H,20,23)/t14-,16-/m1/s1. The Morgan fingerprint density at radius 3 is 2.91 bits per heavy atom. The Bertz CT molecular complexity index is 681. The highest BCUT2D eigenvalue weighted by Gasteiger charge is 2.20. The molecule has 2 atom stereocenters. The van der Waals surface area contributed by atoms with Gasteiger partial charge in [-0.15, -0.1) is 0 Å². The van der Waals surface area contributed by atoms with Gasteiger partial charge in [-0.25, -0.2) is 0 Å². The highest BCUT2D eigenvalue weighted by atomic mass is 16.3. The van der Waals surface area contributed by atoms with E-state index in [0.717, 1.165) is 24.9 Å². The van der Waals surface area contributed by atoms with Crippen LogP contribution in [-0.2, 0) is 4.79 Å². The van der Waals surface area contributed by atoms with Crippen LogP contribution >= 0.6 is 0 Å². The van der Waals surface area contributed by atoms with Gasteiger partial charge in [-0.2, -0.15) is 0 Å². The number of carbonyl (C=O) groups is 1. The molecule has 0 bridgehead atoms. The number of benzene rings is 2. The van der Waals surface area contributed by atoms with Crippen LogP contribution in [0.1, 0.15) is 31.4 Å². The number of aliphatic hydroxyl groups excluding tert-OH is 1. The molecule has 1 saturated heterocycles. The maximum Gasteiger partial charge on any atom is 0.234 e. The fraction of sp³-hybridized carbons (Fsp3) is 0.421. The van der Waals surface area contributed by atoms with Gasteiger partial charge < -0.3 is 10.4 Å². The molecule has 1 fully saturated rings. The van der Waals surface area contributed by atoms with Gasteiger partial charge in [-0.1, -0.05) is 42.5 Å². The predicted octanol–water partition coefficient (Wildman–Crippen LogP) is 2.47. The van der Waals surface area contributed by atoms with Crippen molar-refractivity contribution in [3.8, 4) is 0 Å². The van der Waals surface area contributed by atoms with E-state index >= 15 is 0 Å². The van der Waals surface area contributed by atoms with Gasteiger partial charge >= 0.3 is 0 Å². The monoisotopic (exact) mass is 312 g/mol. The number of carbonyl (C=O) groups excluding carboxylic acids is 1. The topological polar surface area (TPSA) is 52.6 Å². The number of hydrogen-bond donors (Lipinski definition) is 2.